The van der Waals surface area contributed by atoms with Crippen molar-refractivity contribution < 1.29 is 0 Å². The maximum absolute atomic E-state index is 6.36. The fraction of sp³-hybridized carbons (Fsp3) is 1.00. The zero-order valence-electron chi connectivity index (χ0n) is 15.1. The standard InChI is InChI=1S/C19H38N2/c1-15(2)17-9-7-13-21(17)19(14-20)11-6-8-16(10-12-19)18(3,4)5/h15-17H,6-14,20H2,1-5H3. The van der Waals surface area contributed by atoms with E-state index < -0.39 is 0 Å². The lowest BCUT2D eigenvalue weighted by Gasteiger charge is -2.46. The molecule has 0 aromatic rings. The molecule has 3 atom stereocenters. The predicted octanol–water partition coefficient (Wildman–Crippen LogP) is 4.43. The monoisotopic (exact) mass is 294 g/mol. The number of nitrogens with two attached hydrogens (primary N) is 1. The Hall–Kier alpha value is -0.0800. The third kappa shape index (κ3) is 3.64. The molecule has 1 aliphatic heterocycles. The molecular formula is C19H38N2. The Bertz CT molecular complexity index is 331. The van der Waals surface area contributed by atoms with E-state index in [9.17, 15) is 0 Å². The SMILES string of the molecule is CC(C)C1CCCN1C1(CN)CCCC(C(C)(C)C)CC1. The molecule has 1 saturated carbocycles. The highest BCUT2D eigenvalue weighted by Crippen LogP contribution is 2.44. The molecule has 1 saturated heterocycles. The van der Waals surface area contributed by atoms with Gasteiger partial charge in [-0.3, -0.25) is 4.90 Å². The number of nitrogens with zero attached hydrogens (tertiary/aromatic N) is 1. The van der Waals surface area contributed by atoms with E-state index in [4.69, 9.17) is 5.73 Å². The molecule has 0 aromatic heterocycles. The third-order valence-electron chi connectivity index (χ3n) is 6.44. The Kier molecular flexibility index (Phi) is 5.41. The molecule has 2 heteroatoms. The van der Waals surface area contributed by atoms with Crippen LogP contribution in [-0.4, -0.2) is 29.6 Å². The highest BCUT2D eigenvalue weighted by Gasteiger charge is 2.44. The lowest BCUT2D eigenvalue weighted by Crippen LogP contribution is -2.56. The van der Waals surface area contributed by atoms with Gasteiger partial charge in [0.15, 0.2) is 0 Å². The first-order chi connectivity index (χ1) is 9.80. The van der Waals surface area contributed by atoms with Gasteiger partial charge in [0.25, 0.3) is 0 Å². The summed E-state index contributed by atoms with van der Waals surface area (Å²) in [7, 11) is 0. The van der Waals surface area contributed by atoms with Crippen LogP contribution < -0.4 is 5.73 Å². The Morgan fingerprint density at radius 2 is 1.81 bits per heavy atom. The minimum absolute atomic E-state index is 0.297. The summed E-state index contributed by atoms with van der Waals surface area (Å²) in [6, 6.07) is 0.764. The molecule has 124 valence electrons. The smallest absolute Gasteiger partial charge is 0.0334 e. The largest absolute Gasteiger partial charge is 0.329 e. The van der Waals surface area contributed by atoms with Crippen molar-refractivity contribution in [1.82, 2.24) is 4.90 Å². The van der Waals surface area contributed by atoms with Crippen LogP contribution in [0.15, 0.2) is 0 Å². The second-order valence-electron chi connectivity index (χ2n) is 9.07. The Morgan fingerprint density at radius 1 is 1.10 bits per heavy atom. The van der Waals surface area contributed by atoms with Crippen LogP contribution in [0.3, 0.4) is 0 Å². The van der Waals surface area contributed by atoms with Crippen LogP contribution in [0.2, 0.25) is 0 Å². The van der Waals surface area contributed by atoms with Crippen molar-refractivity contribution >= 4 is 0 Å². The molecule has 3 unspecified atom stereocenters. The summed E-state index contributed by atoms with van der Waals surface area (Å²) < 4.78 is 0. The molecule has 2 nitrogen and oxygen atoms in total. The van der Waals surface area contributed by atoms with Crippen molar-refractivity contribution in [3.8, 4) is 0 Å². The predicted molar refractivity (Wildman–Crippen MR) is 92.4 cm³/mol. The van der Waals surface area contributed by atoms with Crippen LogP contribution in [0.4, 0.5) is 0 Å². The molecule has 21 heavy (non-hydrogen) atoms. The number of rotatable bonds is 3. The molecule has 2 rings (SSSR count). The fourth-order valence-corrected chi connectivity index (χ4v) is 4.94. The van der Waals surface area contributed by atoms with Crippen molar-refractivity contribution in [1.29, 1.82) is 0 Å². The van der Waals surface area contributed by atoms with Gasteiger partial charge in [0.2, 0.25) is 0 Å². The quantitative estimate of drug-likeness (QED) is 0.780. The zero-order chi connectivity index (χ0) is 15.7. The first-order valence-electron chi connectivity index (χ1n) is 9.27. The van der Waals surface area contributed by atoms with Crippen molar-refractivity contribution in [2.75, 3.05) is 13.1 Å². The van der Waals surface area contributed by atoms with Gasteiger partial charge < -0.3 is 5.73 Å². The summed E-state index contributed by atoms with van der Waals surface area (Å²) in [4.78, 5) is 2.84. The van der Waals surface area contributed by atoms with Gasteiger partial charge in [-0.1, -0.05) is 41.0 Å². The Morgan fingerprint density at radius 3 is 2.38 bits per heavy atom. The van der Waals surface area contributed by atoms with Crippen molar-refractivity contribution in [2.24, 2.45) is 23.0 Å². The number of hydrogen-bond donors (Lipinski definition) is 1. The van der Waals surface area contributed by atoms with Crippen molar-refractivity contribution in [3.05, 3.63) is 0 Å². The van der Waals surface area contributed by atoms with Gasteiger partial charge in [0, 0.05) is 18.1 Å². The van der Waals surface area contributed by atoms with Crippen LogP contribution in [0.1, 0.15) is 79.6 Å². The van der Waals surface area contributed by atoms with E-state index in [0.717, 1.165) is 24.4 Å². The van der Waals surface area contributed by atoms with E-state index in [1.54, 1.807) is 0 Å². The van der Waals surface area contributed by atoms with Gasteiger partial charge in [-0.15, -0.1) is 0 Å². The molecule has 0 radical (unpaired) electrons. The van der Waals surface area contributed by atoms with Crippen LogP contribution in [-0.2, 0) is 0 Å². The van der Waals surface area contributed by atoms with Gasteiger partial charge in [0.1, 0.15) is 0 Å². The second kappa shape index (κ2) is 6.58. The zero-order valence-corrected chi connectivity index (χ0v) is 15.1. The molecule has 1 aliphatic carbocycles. The molecule has 0 spiro atoms. The topological polar surface area (TPSA) is 29.3 Å². The minimum atomic E-state index is 0.297. The average molecular weight is 295 g/mol. The molecular weight excluding hydrogens is 256 g/mol. The van der Waals surface area contributed by atoms with E-state index in [2.05, 4.69) is 39.5 Å². The highest BCUT2D eigenvalue weighted by molar-refractivity contribution is 5.00. The fourth-order valence-electron chi connectivity index (χ4n) is 4.94. The molecule has 0 bridgehead atoms. The Balaban J connectivity index is 2.14. The van der Waals surface area contributed by atoms with E-state index in [-0.39, 0.29) is 0 Å². The average Bonchev–Trinajstić information content (AvgIpc) is 2.78. The molecule has 2 fully saturated rings. The third-order valence-corrected chi connectivity index (χ3v) is 6.44. The molecule has 0 aromatic carbocycles. The molecule has 2 N–H and O–H groups in total. The molecule has 1 heterocycles. The van der Waals surface area contributed by atoms with Gasteiger partial charge in [-0.25, -0.2) is 0 Å². The minimum Gasteiger partial charge on any atom is -0.329 e. The maximum Gasteiger partial charge on any atom is 0.0334 e. The van der Waals surface area contributed by atoms with Crippen LogP contribution in [0.25, 0.3) is 0 Å². The van der Waals surface area contributed by atoms with E-state index in [1.165, 1.54) is 51.5 Å². The Labute approximate surface area is 132 Å². The van der Waals surface area contributed by atoms with Gasteiger partial charge in [-0.05, 0) is 62.3 Å². The summed E-state index contributed by atoms with van der Waals surface area (Å²) >= 11 is 0. The number of likely N-dealkylation sites (tertiary alicyclic amines) is 1. The van der Waals surface area contributed by atoms with Gasteiger partial charge >= 0.3 is 0 Å². The second-order valence-corrected chi connectivity index (χ2v) is 9.07. The van der Waals surface area contributed by atoms with E-state index in [1.807, 2.05) is 0 Å². The van der Waals surface area contributed by atoms with E-state index >= 15 is 0 Å². The van der Waals surface area contributed by atoms with Gasteiger partial charge in [0.05, 0.1) is 0 Å². The summed E-state index contributed by atoms with van der Waals surface area (Å²) in [5, 5.41) is 0. The maximum atomic E-state index is 6.36. The van der Waals surface area contributed by atoms with Crippen molar-refractivity contribution in [2.45, 2.75) is 91.1 Å². The van der Waals surface area contributed by atoms with Crippen LogP contribution in [0.5, 0.6) is 0 Å². The van der Waals surface area contributed by atoms with Crippen molar-refractivity contribution in [3.63, 3.8) is 0 Å². The molecule has 0 amide bonds. The summed E-state index contributed by atoms with van der Waals surface area (Å²) in [6.07, 6.45) is 9.50. The lowest BCUT2D eigenvalue weighted by molar-refractivity contribution is 0.0444. The first-order valence-corrected chi connectivity index (χ1v) is 9.27. The lowest BCUT2D eigenvalue weighted by atomic mass is 9.76. The van der Waals surface area contributed by atoms with E-state index in [0.29, 0.717) is 11.0 Å². The van der Waals surface area contributed by atoms with Gasteiger partial charge in [-0.2, -0.15) is 0 Å². The van der Waals surface area contributed by atoms with Crippen LogP contribution >= 0.6 is 0 Å². The summed E-state index contributed by atoms with van der Waals surface area (Å²) in [6.45, 7) is 14.2. The van der Waals surface area contributed by atoms with Crippen LogP contribution in [0, 0.1) is 17.3 Å². The summed E-state index contributed by atoms with van der Waals surface area (Å²) in [5.74, 6) is 1.63. The summed E-state index contributed by atoms with van der Waals surface area (Å²) in [5.41, 5.74) is 7.11. The highest BCUT2D eigenvalue weighted by atomic mass is 15.3. The number of hydrogen-bond acceptors (Lipinski definition) is 2. The first kappa shape index (κ1) is 17.3. The molecule has 2 aliphatic rings. The normalized spacial score (nSPS) is 36.1.